The smallest absolute Gasteiger partial charge is 0.294 e. The maximum Gasteiger partial charge on any atom is 0.294 e. The van der Waals surface area contributed by atoms with Crippen LogP contribution in [0.25, 0.3) is 23.0 Å². The van der Waals surface area contributed by atoms with Gasteiger partial charge < -0.3 is 19.4 Å². The van der Waals surface area contributed by atoms with Crippen LogP contribution in [0.4, 0.5) is 0 Å². The molecule has 1 amide bonds. The van der Waals surface area contributed by atoms with Crippen LogP contribution >= 0.6 is 0 Å². The largest absolute Gasteiger partial charge is 0.483 e. The van der Waals surface area contributed by atoms with Gasteiger partial charge in [-0.3, -0.25) is 4.79 Å². The molecule has 0 bridgehead atoms. The fourth-order valence-electron chi connectivity index (χ4n) is 2.11. The molecule has 0 aliphatic heterocycles. The second-order valence-electron chi connectivity index (χ2n) is 5.58. The molecule has 0 atom stereocenters. The summed E-state index contributed by atoms with van der Waals surface area (Å²) in [5, 5.41) is 3.61. The van der Waals surface area contributed by atoms with Crippen LogP contribution in [0, 0.1) is 0 Å². The monoisotopic (exact) mass is 392 g/mol. The van der Waals surface area contributed by atoms with Gasteiger partial charge in [0, 0.05) is 14.1 Å². The van der Waals surface area contributed by atoms with Crippen LogP contribution in [0.1, 0.15) is 0 Å². The number of ether oxygens (including phenoxy) is 1. The number of benzene rings is 1. The van der Waals surface area contributed by atoms with E-state index >= 15 is 0 Å². The highest BCUT2D eigenvalue weighted by molar-refractivity contribution is 7.88. The molecule has 142 valence electrons. The van der Waals surface area contributed by atoms with Crippen LogP contribution in [0.5, 0.6) is 5.75 Å². The molecule has 0 aliphatic carbocycles. The van der Waals surface area contributed by atoms with E-state index in [1.54, 1.807) is 24.3 Å². The molecular formula is C16H16N4O6S. The fraction of sp³-hybridized carbons (Fsp3) is 0.188. The molecule has 3 rings (SSSR count). The van der Waals surface area contributed by atoms with E-state index in [0.29, 0.717) is 11.3 Å². The fourth-order valence-corrected chi connectivity index (χ4v) is 2.91. The lowest BCUT2D eigenvalue weighted by Gasteiger charge is -2.07. The number of furan rings is 1. The number of nitrogens with two attached hydrogens (primary N) is 1. The van der Waals surface area contributed by atoms with Crippen LogP contribution < -0.4 is 10.5 Å². The molecule has 0 saturated heterocycles. The summed E-state index contributed by atoms with van der Waals surface area (Å²) in [4.78, 5) is 15.1. The Morgan fingerprint density at radius 1 is 1.22 bits per heavy atom. The lowest BCUT2D eigenvalue weighted by molar-refractivity contribution is -0.119. The molecule has 27 heavy (non-hydrogen) atoms. The lowest BCUT2D eigenvalue weighted by atomic mass is 10.2. The Morgan fingerprint density at radius 3 is 2.67 bits per heavy atom. The first kappa shape index (κ1) is 18.6. The van der Waals surface area contributed by atoms with Crippen molar-refractivity contribution in [1.82, 2.24) is 14.4 Å². The van der Waals surface area contributed by atoms with Crippen LogP contribution in [-0.4, -0.2) is 49.5 Å². The number of amides is 1. The molecule has 11 heteroatoms. The van der Waals surface area contributed by atoms with E-state index in [-0.39, 0.29) is 29.2 Å². The van der Waals surface area contributed by atoms with Crippen LogP contribution in [0.15, 0.2) is 50.4 Å². The van der Waals surface area contributed by atoms with Gasteiger partial charge in [-0.25, -0.2) is 12.7 Å². The van der Waals surface area contributed by atoms with Crippen molar-refractivity contribution in [2.45, 2.75) is 5.09 Å². The van der Waals surface area contributed by atoms with Crippen LogP contribution in [0.3, 0.4) is 0 Å². The minimum Gasteiger partial charge on any atom is -0.483 e. The zero-order chi connectivity index (χ0) is 19.6. The second kappa shape index (κ2) is 7.21. The first-order valence-electron chi connectivity index (χ1n) is 7.66. The van der Waals surface area contributed by atoms with Crippen molar-refractivity contribution in [2.75, 3.05) is 20.7 Å². The van der Waals surface area contributed by atoms with Gasteiger partial charge in [-0.15, -0.1) is 0 Å². The molecule has 2 N–H and O–H groups in total. The van der Waals surface area contributed by atoms with E-state index in [2.05, 4.69) is 10.1 Å². The molecule has 2 heterocycles. The number of hydrogen-bond donors (Lipinski definition) is 1. The van der Waals surface area contributed by atoms with Gasteiger partial charge in [-0.2, -0.15) is 4.98 Å². The van der Waals surface area contributed by atoms with Gasteiger partial charge in [0.1, 0.15) is 5.75 Å². The van der Waals surface area contributed by atoms with Crippen molar-refractivity contribution in [2.24, 2.45) is 5.73 Å². The third kappa shape index (κ3) is 3.83. The van der Waals surface area contributed by atoms with Gasteiger partial charge in [0.2, 0.25) is 10.9 Å². The number of nitrogens with zero attached hydrogens (tertiary/aromatic N) is 3. The molecule has 0 saturated carbocycles. The maximum absolute atomic E-state index is 12.1. The number of carbonyl (C=O) groups is 1. The minimum atomic E-state index is -3.72. The summed E-state index contributed by atoms with van der Waals surface area (Å²) in [6.07, 6.45) is 0. The number of rotatable bonds is 7. The highest BCUT2D eigenvalue weighted by Crippen LogP contribution is 2.30. The zero-order valence-corrected chi connectivity index (χ0v) is 15.3. The second-order valence-corrected chi connectivity index (χ2v) is 7.66. The standard InChI is InChI=1S/C16H16N4O6S/c1-20(2)27(22,23)14-8-7-12(25-14)16-18-15(19-26-16)10-5-3-4-6-11(10)24-9-13(17)21/h3-8H,9H2,1-2H3,(H2,17,21). The van der Waals surface area contributed by atoms with Gasteiger partial charge in [0.25, 0.3) is 21.8 Å². The Kier molecular flexibility index (Phi) is 4.97. The summed E-state index contributed by atoms with van der Waals surface area (Å²) < 4.78 is 41.0. The average molecular weight is 392 g/mol. The van der Waals surface area contributed by atoms with Crippen molar-refractivity contribution < 1.29 is 26.9 Å². The summed E-state index contributed by atoms with van der Waals surface area (Å²) in [5.74, 6) is 0.000832. The van der Waals surface area contributed by atoms with Crippen molar-refractivity contribution >= 4 is 15.9 Å². The zero-order valence-electron chi connectivity index (χ0n) is 14.4. The Morgan fingerprint density at radius 2 is 1.96 bits per heavy atom. The number of primary amides is 1. The quantitative estimate of drug-likeness (QED) is 0.630. The van der Waals surface area contributed by atoms with E-state index in [0.717, 1.165) is 4.31 Å². The summed E-state index contributed by atoms with van der Waals surface area (Å²) in [6, 6.07) is 9.47. The molecule has 1 aromatic carbocycles. The molecule has 3 aromatic rings. The molecule has 2 aromatic heterocycles. The molecule has 0 radical (unpaired) electrons. The third-order valence-corrected chi connectivity index (χ3v) is 5.14. The highest BCUT2D eigenvalue weighted by Gasteiger charge is 2.24. The minimum absolute atomic E-state index is 0.00471. The molecule has 0 aliphatic rings. The van der Waals surface area contributed by atoms with E-state index in [4.69, 9.17) is 19.4 Å². The predicted octanol–water partition coefficient (Wildman–Crippen LogP) is 1.11. The van der Waals surface area contributed by atoms with E-state index in [1.807, 2.05) is 0 Å². The van der Waals surface area contributed by atoms with Gasteiger partial charge in [-0.1, -0.05) is 17.3 Å². The summed E-state index contributed by atoms with van der Waals surface area (Å²) in [5.41, 5.74) is 5.56. The maximum atomic E-state index is 12.1. The molecule has 0 unspecified atom stereocenters. The van der Waals surface area contributed by atoms with E-state index in [9.17, 15) is 13.2 Å². The summed E-state index contributed by atoms with van der Waals surface area (Å²) >= 11 is 0. The molecular weight excluding hydrogens is 376 g/mol. The average Bonchev–Trinajstić information content (AvgIpc) is 3.29. The number of carbonyl (C=O) groups excluding carboxylic acids is 1. The van der Waals surface area contributed by atoms with Crippen molar-refractivity contribution in [3.63, 3.8) is 0 Å². The summed E-state index contributed by atoms with van der Waals surface area (Å²) in [7, 11) is -0.930. The molecule has 0 fully saturated rings. The van der Waals surface area contributed by atoms with Crippen LogP contribution in [0.2, 0.25) is 0 Å². The van der Waals surface area contributed by atoms with E-state index in [1.165, 1.54) is 26.2 Å². The van der Waals surface area contributed by atoms with Crippen molar-refractivity contribution in [1.29, 1.82) is 0 Å². The Bertz CT molecular complexity index is 1070. The SMILES string of the molecule is CN(C)S(=O)(=O)c1ccc(-c2nc(-c3ccccc3OCC(N)=O)no2)o1. The van der Waals surface area contributed by atoms with Crippen molar-refractivity contribution in [3.8, 4) is 28.8 Å². The normalized spacial score (nSPS) is 11.7. The first-order valence-corrected chi connectivity index (χ1v) is 9.10. The molecule has 10 nitrogen and oxygen atoms in total. The number of hydrogen-bond acceptors (Lipinski definition) is 8. The molecule has 0 spiro atoms. The Hall–Kier alpha value is -3.18. The Labute approximate surface area is 154 Å². The van der Waals surface area contributed by atoms with Crippen molar-refractivity contribution in [3.05, 3.63) is 36.4 Å². The van der Waals surface area contributed by atoms with Gasteiger partial charge >= 0.3 is 0 Å². The number of para-hydroxylation sites is 1. The summed E-state index contributed by atoms with van der Waals surface area (Å²) in [6.45, 7) is -0.300. The highest BCUT2D eigenvalue weighted by atomic mass is 32.2. The van der Waals surface area contributed by atoms with Gasteiger partial charge in [-0.05, 0) is 24.3 Å². The Balaban J connectivity index is 1.91. The topological polar surface area (TPSA) is 142 Å². The van der Waals surface area contributed by atoms with Crippen LogP contribution in [-0.2, 0) is 14.8 Å². The number of aromatic nitrogens is 2. The van der Waals surface area contributed by atoms with E-state index < -0.39 is 15.9 Å². The first-order chi connectivity index (χ1) is 12.8. The van der Waals surface area contributed by atoms with Gasteiger partial charge in [0.15, 0.2) is 12.4 Å². The predicted molar refractivity (Wildman–Crippen MR) is 93.0 cm³/mol. The van der Waals surface area contributed by atoms with Gasteiger partial charge in [0.05, 0.1) is 5.56 Å². The number of sulfonamides is 1. The lowest BCUT2D eigenvalue weighted by Crippen LogP contribution is -2.21. The third-order valence-electron chi connectivity index (χ3n) is 3.45.